The number of methoxy groups -OCH3 is 1. The van der Waals surface area contributed by atoms with Crippen molar-refractivity contribution in [2.75, 3.05) is 30.8 Å². The second kappa shape index (κ2) is 7.14. The average molecular weight is 250 g/mol. The lowest BCUT2D eigenvalue weighted by Crippen LogP contribution is -2.28. The maximum absolute atomic E-state index is 5.85. The lowest BCUT2D eigenvalue weighted by molar-refractivity contribution is 0.416. The fourth-order valence-corrected chi connectivity index (χ4v) is 2.17. The third-order valence-electron chi connectivity index (χ3n) is 3.60. The summed E-state index contributed by atoms with van der Waals surface area (Å²) >= 11 is 0. The van der Waals surface area contributed by atoms with Crippen molar-refractivity contribution in [3.8, 4) is 5.75 Å². The minimum atomic E-state index is 0.694. The van der Waals surface area contributed by atoms with Crippen LogP contribution in [0.4, 0.5) is 11.4 Å². The lowest BCUT2D eigenvalue weighted by atomic mass is 10.0. The van der Waals surface area contributed by atoms with Crippen LogP contribution in [0.1, 0.15) is 33.6 Å². The number of hydrogen-bond donors (Lipinski definition) is 1. The van der Waals surface area contributed by atoms with Gasteiger partial charge in [0.05, 0.1) is 12.8 Å². The van der Waals surface area contributed by atoms with E-state index in [-0.39, 0.29) is 0 Å². The van der Waals surface area contributed by atoms with Crippen LogP contribution in [0.2, 0.25) is 0 Å². The van der Waals surface area contributed by atoms with Gasteiger partial charge in [0, 0.05) is 24.8 Å². The summed E-state index contributed by atoms with van der Waals surface area (Å²) in [4.78, 5) is 2.39. The maximum atomic E-state index is 5.85. The van der Waals surface area contributed by atoms with Crippen LogP contribution in [0.15, 0.2) is 18.2 Å². The molecular formula is C15H26N2O. The van der Waals surface area contributed by atoms with E-state index >= 15 is 0 Å². The third-order valence-corrected chi connectivity index (χ3v) is 3.60. The summed E-state index contributed by atoms with van der Waals surface area (Å²) in [6, 6.07) is 6.02. The molecule has 0 heterocycles. The van der Waals surface area contributed by atoms with Crippen molar-refractivity contribution >= 4 is 11.4 Å². The first-order chi connectivity index (χ1) is 8.65. The largest absolute Gasteiger partial charge is 0.495 e. The molecule has 0 aliphatic rings. The van der Waals surface area contributed by atoms with Crippen LogP contribution in [-0.2, 0) is 0 Å². The first-order valence-corrected chi connectivity index (χ1v) is 6.84. The fourth-order valence-electron chi connectivity index (χ4n) is 2.17. The molecule has 0 aromatic heterocycles. The molecule has 0 aliphatic heterocycles. The highest BCUT2D eigenvalue weighted by Gasteiger charge is 2.12. The Kier molecular flexibility index (Phi) is 5.83. The molecule has 2 N–H and O–H groups in total. The molecular weight excluding hydrogens is 224 g/mol. The minimum absolute atomic E-state index is 0.694. The molecule has 0 atom stereocenters. The predicted molar refractivity (Wildman–Crippen MR) is 79.4 cm³/mol. The van der Waals surface area contributed by atoms with Gasteiger partial charge in [-0.1, -0.05) is 26.7 Å². The number of anilines is 2. The first kappa shape index (κ1) is 14.7. The van der Waals surface area contributed by atoms with E-state index in [1.165, 1.54) is 18.5 Å². The van der Waals surface area contributed by atoms with Crippen LogP contribution in [0, 0.1) is 5.92 Å². The SMILES string of the molecule is CCC(CC)CN(CC)c1ccc(N)c(OC)c1. The molecule has 0 saturated carbocycles. The summed E-state index contributed by atoms with van der Waals surface area (Å²) < 4.78 is 5.29. The van der Waals surface area contributed by atoms with Crippen LogP contribution < -0.4 is 15.4 Å². The zero-order chi connectivity index (χ0) is 13.5. The molecule has 0 unspecified atom stereocenters. The van der Waals surface area contributed by atoms with Crippen LogP contribution in [0.25, 0.3) is 0 Å². The average Bonchev–Trinajstić information content (AvgIpc) is 2.41. The topological polar surface area (TPSA) is 38.5 Å². The molecule has 0 bridgehead atoms. The fraction of sp³-hybridized carbons (Fsp3) is 0.600. The second-order valence-electron chi connectivity index (χ2n) is 4.65. The number of rotatable bonds is 7. The van der Waals surface area contributed by atoms with E-state index in [2.05, 4.69) is 31.7 Å². The van der Waals surface area contributed by atoms with Crippen LogP contribution in [0.3, 0.4) is 0 Å². The molecule has 1 rings (SSSR count). The van der Waals surface area contributed by atoms with Gasteiger partial charge in [0.2, 0.25) is 0 Å². The molecule has 0 saturated heterocycles. The highest BCUT2D eigenvalue weighted by Crippen LogP contribution is 2.28. The van der Waals surface area contributed by atoms with Gasteiger partial charge in [0.25, 0.3) is 0 Å². The van der Waals surface area contributed by atoms with Gasteiger partial charge in [-0.05, 0) is 25.0 Å². The maximum Gasteiger partial charge on any atom is 0.143 e. The van der Waals surface area contributed by atoms with Crippen LogP contribution >= 0.6 is 0 Å². The number of ether oxygens (including phenoxy) is 1. The molecule has 1 aromatic rings. The molecule has 0 spiro atoms. The van der Waals surface area contributed by atoms with Crippen molar-refractivity contribution in [1.82, 2.24) is 0 Å². The molecule has 3 nitrogen and oxygen atoms in total. The van der Waals surface area contributed by atoms with Crippen molar-refractivity contribution in [3.05, 3.63) is 18.2 Å². The number of nitrogens with zero attached hydrogens (tertiary/aromatic N) is 1. The second-order valence-corrected chi connectivity index (χ2v) is 4.65. The Morgan fingerprint density at radius 2 is 1.89 bits per heavy atom. The van der Waals surface area contributed by atoms with E-state index in [1.54, 1.807) is 7.11 Å². The van der Waals surface area contributed by atoms with E-state index in [4.69, 9.17) is 10.5 Å². The van der Waals surface area contributed by atoms with Crippen molar-refractivity contribution in [2.45, 2.75) is 33.6 Å². The third kappa shape index (κ3) is 3.56. The zero-order valence-corrected chi connectivity index (χ0v) is 12.1. The van der Waals surface area contributed by atoms with E-state index < -0.39 is 0 Å². The Morgan fingerprint density at radius 3 is 2.39 bits per heavy atom. The molecule has 0 radical (unpaired) electrons. The van der Waals surface area contributed by atoms with Gasteiger partial charge in [-0.2, -0.15) is 0 Å². The van der Waals surface area contributed by atoms with E-state index in [1.807, 2.05) is 12.1 Å². The van der Waals surface area contributed by atoms with Crippen molar-refractivity contribution < 1.29 is 4.74 Å². The molecule has 0 aliphatic carbocycles. The molecule has 1 aromatic carbocycles. The zero-order valence-electron chi connectivity index (χ0n) is 12.1. The number of nitrogens with two attached hydrogens (primary N) is 1. The van der Waals surface area contributed by atoms with Gasteiger partial charge >= 0.3 is 0 Å². The van der Waals surface area contributed by atoms with Gasteiger partial charge in [0.15, 0.2) is 0 Å². The van der Waals surface area contributed by atoms with Crippen molar-refractivity contribution in [3.63, 3.8) is 0 Å². The van der Waals surface area contributed by atoms with Gasteiger partial charge in [-0.25, -0.2) is 0 Å². The number of hydrogen-bond acceptors (Lipinski definition) is 3. The summed E-state index contributed by atoms with van der Waals surface area (Å²) in [5.74, 6) is 1.50. The Bertz CT molecular complexity index is 362. The monoisotopic (exact) mass is 250 g/mol. The van der Waals surface area contributed by atoms with Crippen molar-refractivity contribution in [2.24, 2.45) is 5.92 Å². The van der Waals surface area contributed by atoms with Gasteiger partial charge in [-0.3, -0.25) is 0 Å². The molecule has 18 heavy (non-hydrogen) atoms. The van der Waals surface area contributed by atoms with Crippen molar-refractivity contribution in [1.29, 1.82) is 0 Å². The Hall–Kier alpha value is -1.38. The first-order valence-electron chi connectivity index (χ1n) is 6.84. The lowest BCUT2D eigenvalue weighted by Gasteiger charge is -2.28. The normalized spacial score (nSPS) is 10.7. The summed E-state index contributed by atoms with van der Waals surface area (Å²) in [6.07, 6.45) is 2.44. The smallest absolute Gasteiger partial charge is 0.143 e. The van der Waals surface area contributed by atoms with E-state index in [0.29, 0.717) is 5.69 Å². The van der Waals surface area contributed by atoms with E-state index in [0.717, 1.165) is 24.8 Å². The summed E-state index contributed by atoms with van der Waals surface area (Å²) in [5.41, 5.74) is 7.74. The van der Waals surface area contributed by atoms with Gasteiger partial charge in [0.1, 0.15) is 5.75 Å². The predicted octanol–water partition coefficient (Wildman–Crippen LogP) is 3.54. The summed E-state index contributed by atoms with van der Waals surface area (Å²) in [7, 11) is 1.66. The molecule has 0 fully saturated rings. The highest BCUT2D eigenvalue weighted by atomic mass is 16.5. The van der Waals surface area contributed by atoms with Gasteiger partial charge < -0.3 is 15.4 Å². The number of nitrogen functional groups attached to an aromatic ring is 1. The Balaban J connectivity index is 2.87. The summed E-state index contributed by atoms with van der Waals surface area (Å²) in [6.45, 7) is 8.79. The van der Waals surface area contributed by atoms with Gasteiger partial charge in [-0.15, -0.1) is 0 Å². The van der Waals surface area contributed by atoms with Crippen LogP contribution in [-0.4, -0.2) is 20.2 Å². The minimum Gasteiger partial charge on any atom is -0.495 e. The standard InChI is InChI=1S/C15H26N2O/c1-5-12(6-2)11-17(7-3)13-8-9-14(16)15(10-13)18-4/h8-10,12H,5-7,11,16H2,1-4H3. The highest BCUT2D eigenvalue weighted by molar-refractivity contribution is 5.62. The molecule has 102 valence electrons. The van der Waals surface area contributed by atoms with E-state index in [9.17, 15) is 0 Å². The Labute approximate surface area is 111 Å². The Morgan fingerprint density at radius 1 is 1.22 bits per heavy atom. The summed E-state index contributed by atoms with van der Waals surface area (Å²) in [5, 5.41) is 0. The number of benzene rings is 1. The molecule has 0 amide bonds. The molecule has 3 heteroatoms. The quantitative estimate of drug-likeness (QED) is 0.752. The van der Waals surface area contributed by atoms with Crippen LogP contribution in [0.5, 0.6) is 5.75 Å².